The lowest BCUT2D eigenvalue weighted by Crippen LogP contribution is -2.38. The van der Waals surface area contributed by atoms with Crippen LogP contribution in [0.3, 0.4) is 0 Å². The zero-order valence-electron chi connectivity index (χ0n) is 15.3. The first-order chi connectivity index (χ1) is 13.1. The number of piperidine rings is 1. The second-order valence-electron chi connectivity index (χ2n) is 7.06. The highest BCUT2D eigenvalue weighted by Crippen LogP contribution is 2.26. The summed E-state index contributed by atoms with van der Waals surface area (Å²) in [7, 11) is 1.90. The number of carbonyl (C=O) groups is 1. The third kappa shape index (κ3) is 3.84. The molecule has 0 saturated carbocycles. The lowest BCUT2D eigenvalue weighted by molar-refractivity contribution is -0.121. The minimum Gasteiger partial charge on any atom is -0.381 e. The van der Waals surface area contributed by atoms with Gasteiger partial charge >= 0.3 is 0 Å². The number of aromatic nitrogens is 3. The normalized spacial score (nSPS) is 15.9. The summed E-state index contributed by atoms with van der Waals surface area (Å²) in [5.41, 5.74) is 2.13. The number of pyridine rings is 1. The van der Waals surface area contributed by atoms with E-state index >= 15 is 0 Å². The Morgan fingerprint density at radius 2 is 2.00 bits per heavy atom. The standard InChI is InChI=1S/C20H23N5O2/c1-24-12-18(11-22-24)15-2-3-16-10-21-19(9-17(16)8-15)23-20(27)14-4-6-25(13-26)7-5-14/h2-3,8-12,14,26H,4-7,13H2,1H3,(H,21,23,27). The summed E-state index contributed by atoms with van der Waals surface area (Å²) in [4.78, 5) is 18.9. The average molecular weight is 365 g/mol. The number of aryl methyl sites for hydroxylation is 1. The van der Waals surface area contributed by atoms with E-state index in [2.05, 4.69) is 21.5 Å². The van der Waals surface area contributed by atoms with E-state index in [1.807, 2.05) is 42.5 Å². The Labute approximate surface area is 157 Å². The zero-order chi connectivity index (χ0) is 18.8. The van der Waals surface area contributed by atoms with Crippen LogP contribution in [0.2, 0.25) is 0 Å². The summed E-state index contributed by atoms with van der Waals surface area (Å²) in [5, 5.41) is 18.4. The molecule has 3 heterocycles. The molecule has 0 bridgehead atoms. The van der Waals surface area contributed by atoms with Crippen molar-refractivity contribution < 1.29 is 9.90 Å². The van der Waals surface area contributed by atoms with E-state index in [1.165, 1.54) is 0 Å². The predicted molar refractivity (Wildman–Crippen MR) is 104 cm³/mol. The van der Waals surface area contributed by atoms with Crippen LogP contribution in [0.15, 0.2) is 42.9 Å². The molecule has 1 aromatic carbocycles. The average Bonchev–Trinajstić information content (AvgIpc) is 3.14. The number of nitrogens with zero attached hydrogens (tertiary/aromatic N) is 4. The second-order valence-corrected chi connectivity index (χ2v) is 7.06. The zero-order valence-corrected chi connectivity index (χ0v) is 15.3. The molecule has 0 radical (unpaired) electrons. The molecule has 0 aliphatic carbocycles. The molecule has 1 saturated heterocycles. The number of aliphatic hydroxyl groups excluding tert-OH is 1. The van der Waals surface area contributed by atoms with E-state index < -0.39 is 0 Å². The van der Waals surface area contributed by atoms with Crippen LogP contribution in [0.5, 0.6) is 0 Å². The van der Waals surface area contributed by atoms with Gasteiger partial charge in [0, 0.05) is 49.4 Å². The number of likely N-dealkylation sites (tertiary alicyclic amines) is 1. The molecule has 1 fully saturated rings. The first-order valence-corrected chi connectivity index (χ1v) is 9.15. The number of benzene rings is 1. The van der Waals surface area contributed by atoms with Gasteiger partial charge in [0.25, 0.3) is 0 Å². The molecule has 7 heteroatoms. The third-order valence-corrected chi connectivity index (χ3v) is 5.17. The maximum Gasteiger partial charge on any atom is 0.228 e. The molecule has 1 aliphatic heterocycles. The SMILES string of the molecule is Cn1cc(-c2ccc3cnc(NC(=O)C4CCN(CO)CC4)cc3c2)cn1. The lowest BCUT2D eigenvalue weighted by Gasteiger charge is -2.29. The van der Waals surface area contributed by atoms with Gasteiger partial charge in [-0.2, -0.15) is 5.10 Å². The molecule has 2 aromatic heterocycles. The number of aliphatic hydroxyl groups is 1. The van der Waals surface area contributed by atoms with Gasteiger partial charge in [0.2, 0.25) is 5.91 Å². The van der Waals surface area contributed by atoms with E-state index in [9.17, 15) is 4.79 Å². The fraction of sp³-hybridized carbons (Fsp3) is 0.350. The van der Waals surface area contributed by atoms with Crippen LogP contribution >= 0.6 is 0 Å². The number of hydrogen-bond donors (Lipinski definition) is 2. The van der Waals surface area contributed by atoms with Gasteiger partial charge in [-0.05, 0) is 35.9 Å². The summed E-state index contributed by atoms with van der Waals surface area (Å²) in [6, 6.07) is 8.08. The molecule has 1 amide bonds. The molecular formula is C20H23N5O2. The van der Waals surface area contributed by atoms with E-state index in [4.69, 9.17) is 5.11 Å². The maximum absolute atomic E-state index is 12.5. The highest BCUT2D eigenvalue weighted by Gasteiger charge is 2.24. The van der Waals surface area contributed by atoms with Crippen molar-refractivity contribution >= 4 is 22.5 Å². The highest BCUT2D eigenvalue weighted by molar-refractivity contribution is 5.95. The molecule has 0 spiro atoms. The van der Waals surface area contributed by atoms with Crippen LogP contribution < -0.4 is 5.32 Å². The fourth-order valence-electron chi connectivity index (χ4n) is 3.52. The summed E-state index contributed by atoms with van der Waals surface area (Å²) in [6.45, 7) is 1.54. The summed E-state index contributed by atoms with van der Waals surface area (Å²) >= 11 is 0. The first-order valence-electron chi connectivity index (χ1n) is 9.15. The molecular weight excluding hydrogens is 342 g/mol. The van der Waals surface area contributed by atoms with Crippen molar-refractivity contribution in [3.63, 3.8) is 0 Å². The minimum atomic E-state index is -0.0352. The van der Waals surface area contributed by atoms with Crippen molar-refractivity contribution in [2.24, 2.45) is 13.0 Å². The monoisotopic (exact) mass is 365 g/mol. The molecule has 0 unspecified atom stereocenters. The molecule has 3 aromatic rings. The summed E-state index contributed by atoms with van der Waals surface area (Å²) in [6.07, 6.45) is 7.11. The van der Waals surface area contributed by atoms with Gasteiger partial charge in [0.1, 0.15) is 5.82 Å². The fourth-order valence-corrected chi connectivity index (χ4v) is 3.52. The topological polar surface area (TPSA) is 83.3 Å². The van der Waals surface area contributed by atoms with E-state index in [1.54, 1.807) is 10.9 Å². The van der Waals surface area contributed by atoms with Crippen LogP contribution in [-0.4, -0.2) is 50.5 Å². The van der Waals surface area contributed by atoms with Crippen LogP contribution in [-0.2, 0) is 11.8 Å². The maximum atomic E-state index is 12.5. The molecule has 2 N–H and O–H groups in total. The van der Waals surface area contributed by atoms with Gasteiger partial charge in [-0.15, -0.1) is 0 Å². The van der Waals surface area contributed by atoms with E-state index in [-0.39, 0.29) is 18.6 Å². The van der Waals surface area contributed by atoms with Crippen molar-refractivity contribution in [1.29, 1.82) is 0 Å². The first kappa shape index (κ1) is 17.6. The van der Waals surface area contributed by atoms with Crippen molar-refractivity contribution in [3.8, 4) is 11.1 Å². The van der Waals surface area contributed by atoms with Gasteiger partial charge < -0.3 is 10.4 Å². The summed E-state index contributed by atoms with van der Waals surface area (Å²) in [5.74, 6) is 0.537. The van der Waals surface area contributed by atoms with Gasteiger partial charge in [-0.3, -0.25) is 14.4 Å². The molecule has 27 heavy (non-hydrogen) atoms. The number of rotatable bonds is 4. The molecule has 1 aliphatic rings. The minimum absolute atomic E-state index is 0.00264. The van der Waals surface area contributed by atoms with Crippen LogP contribution in [0.1, 0.15) is 12.8 Å². The number of anilines is 1. The number of carbonyl (C=O) groups excluding carboxylic acids is 1. The van der Waals surface area contributed by atoms with Gasteiger partial charge in [0.15, 0.2) is 0 Å². The Hall–Kier alpha value is -2.77. The predicted octanol–water partition coefficient (Wildman–Crippen LogP) is 2.24. The van der Waals surface area contributed by atoms with Crippen LogP contribution in [0, 0.1) is 5.92 Å². The Morgan fingerprint density at radius 1 is 1.19 bits per heavy atom. The smallest absolute Gasteiger partial charge is 0.228 e. The Balaban J connectivity index is 1.51. The molecule has 0 atom stereocenters. The Bertz CT molecular complexity index is 960. The molecule has 7 nitrogen and oxygen atoms in total. The largest absolute Gasteiger partial charge is 0.381 e. The summed E-state index contributed by atoms with van der Waals surface area (Å²) < 4.78 is 1.78. The van der Waals surface area contributed by atoms with Gasteiger partial charge in [-0.1, -0.05) is 12.1 Å². The number of amides is 1. The Morgan fingerprint density at radius 3 is 2.70 bits per heavy atom. The van der Waals surface area contributed by atoms with Crippen molar-refractivity contribution in [1.82, 2.24) is 19.7 Å². The third-order valence-electron chi connectivity index (χ3n) is 5.17. The Kier molecular flexibility index (Phi) is 4.87. The molecule has 4 rings (SSSR count). The quantitative estimate of drug-likeness (QED) is 0.741. The molecule has 140 valence electrons. The second kappa shape index (κ2) is 7.46. The van der Waals surface area contributed by atoms with Crippen LogP contribution in [0.4, 0.5) is 5.82 Å². The number of hydrogen-bond acceptors (Lipinski definition) is 5. The number of fused-ring (bicyclic) bond motifs is 1. The van der Waals surface area contributed by atoms with Crippen molar-refractivity contribution in [2.45, 2.75) is 12.8 Å². The van der Waals surface area contributed by atoms with Crippen molar-refractivity contribution in [3.05, 3.63) is 42.9 Å². The highest BCUT2D eigenvalue weighted by atomic mass is 16.3. The van der Waals surface area contributed by atoms with E-state index in [0.717, 1.165) is 47.8 Å². The van der Waals surface area contributed by atoms with Crippen LogP contribution in [0.25, 0.3) is 21.9 Å². The number of nitrogens with one attached hydrogen (secondary N) is 1. The lowest BCUT2D eigenvalue weighted by atomic mass is 9.96. The van der Waals surface area contributed by atoms with Crippen molar-refractivity contribution in [2.75, 3.05) is 25.1 Å². The van der Waals surface area contributed by atoms with E-state index in [0.29, 0.717) is 5.82 Å². The van der Waals surface area contributed by atoms with Gasteiger partial charge in [0.05, 0.1) is 12.9 Å². The van der Waals surface area contributed by atoms with Gasteiger partial charge in [-0.25, -0.2) is 4.98 Å².